The molecule has 0 radical (unpaired) electrons. The fourth-order valence-electron chi connectivity index (χ4n) is 2.39. The highest BCUT2D eigenvalue weighted by molar-refractivity contribution is 5.89. The van der Waals surface area contributed by atoms with E-state index in [2.05, 4.69) is 26.8 Å². The molecule has 2 atom stereocenters. The minimum absolute atomic E-state index is 0.0680. The van der Waals surface area contributed by atoms with Crippen molar-refractivity contribution in [1.29, 1.82) is 0 Å². The number of ketones is 1. The first-order valence-corrected chi connectivity index (χ1v) is 5.67. The molecule has 0 heterocycles. The van der Waals surface area contributed by atoms with Crippen molar-refractivity contribution in [2.75, 3.05) is 0 Å². The quantitative estimate of drug-likeness (QED) is 0.627. The Morgan fingerprint density at radius 1 is 1.57 bits per heavy atom. The molecule has 0 amide bonds. The second-order valence-electron chi connectivity index (χ2n) is 5.09. The molecular formula is C13H22O. The predicted octanol–water partition coefficient (Wildman–Crippen LogP) is 3.59. The zero-order chi connectivity index (χ0) is 10.8. The van der Waals surface area contributed by atoms with Crippen LogP contribution in [0, 0.1) is 17.3 Å². The molecule has 1 aliphatic carbocycles. The van der Waals surface area contributed by atoms with Gasteiger partial charge in [0.25, 0.3) is 0 Å². The van der Waals surface area contributed by atoms with E-state index >= 15 is 0 Å². The molecule has 0 N–H and O–H groups in total. The van der Waals surface area contributed by atoms with Crippen LogP contribution in [0.2, 0.25) is 0 Å². The van der Waals surface area contributed by atoms with Crippen molar-refractivity contribution in [3.05, 3.63) is 12.2 Å². The van der Waals surface area contributed by atoms with Gasteiger partial charge >= 0.3 is 0 Å². The summed E-state index contributed by atoms with van der Waals surface area (Å²) in [4.78, 5) is 12.1. The summed E-state index contributed by atoms with van der Waals surface area (Å²) in [5.41, 5.74) is -0.0680. The number of carbonyl (C=O) groups is 1. The Balaban J connectivity index is 2.70. The van der Waals surface area contributed by atoms with E-state index in [9.17, 15) is 4.79 Å². The number of allylic oxidation sites excluding steroid dienone is 2. The average molecular weight is 194 g/mol. The lowest BCUT2D eigenvalue weighted by Crippen LogP contribution is -2.26. The first kappa shape index (κ1) is 11.5. The molecule has 1 saturated carbocycles. The van der Waals surface area contributed by atoms with Crippen LogP contribution >= 0.6 is 0 Å². The van der Waals surface area contributed by atoms with Crippen LogP contribution in [-0.4, -0.2) is 5.78 Å². The van der Waals surface area contributed by atoms with Gasteiger partial charge in [-0.25, -0.2) is 0 Å². The monoisotopic (exact) mass is 194 g/mol. The first-order valence-electron chi connectivity index (χ1n) is 5.67. The highest BCUT2D eigenvalue weighted by Gasteiger charge is 2.43. The van der Waals surface area contributed by atoms with Gasteiger partial charge in [0.2, 0.25) is 0 Å². The number of carbonyl (C=O) groups excluding carboxylic acids is 1. The molecule has 1 heteroatoms. The molecule has 0 aromatic heterocycles. The summed E-state index contributed by atoms with van der Waals surface area (Å²) in [6.07, 6.45) is 7.25. The molecule has 0 aromatic carbocycles. The molecule has 1 unspecified atom stereocenters. The highest BCUT2D eigenvalue weighted by Crippen LogP contribution is 2.43. The van der Waals surface area contributed by atoms with E-state index in [1.807, 2.05) is 13.0 Å². The van der Waals surface area contributed by atoms with Crippen LogP contribution < -0.4 is 0 Å². The molecule has 0 aliphatic heterocycles. The van der Waals surface area contributed by atoms with Gasteiger partial charge < -0.3 is 0 Å². The molecule has 1 fully saturated rings. The van der Waals surface area contributed by atoms with Crippen LogP contribution in [-0.2, 0) is 4.79 Å². The molecular weight excluding hydrogens is 172 g/mol. The van der Waals surface area contributed by atoms with Crippen molar-refractivity contribution in [2.45, 2.75) is 47.0 Å². The Morgan fingerprint density at radius 2 is 2.21 bits per heavy atom. The van der Waals surface area contributed by atoms with Gasteiger partial charge in [0, 0.05) is 11.3 Å². The average Bonchev–Trinajstić information content (AvgIpc) is 2.41. The van der Waals surface area contributed by atoms with Crippen LogP contribution in [0.3, 0.4) is 0 Å². The van der Waals surface area contributed by atoms with Gasteiger partial charge in [-0.1, -0.05) is 32.9 Å². The Bertz CT molecular complexity index is 240. The molecule has 14 heavy (non-hydrogen) atoms. The molecule has 1 aliphatic rings. The second kappa shape index (κ2) is 4.29. The second-order valence-corrected chi connectivity index (χ2v) is 5.09. The molecule has 1 nitrogen and oxygen atoms in total. The van der Waals surface area contributed by atoms with E-state index in [0.29, 0.717) is 17.6 Å². The Hall–Kier alpha value is -0.590. The standard InChI is InChI=1S/C13H22O/c1-5-6-8-13(4)9-7-11(10(2)3)12(13)14/h5-6,10-11H,7-9H2,1-4H3/b6-5+/t11?,13-/m1/s1. The summed E-state index contributed by atoms with van der Waals surface area (Å²) in [6, 6.07) is 0. The van der Waals surface area contributed by atoms with Crippen molar-refractivity contribution in [3.8, 4) is 0 Å². The summed E-state index contributed by atoms with van der Waals surface area (Å²) in [6.45, 7) is 8.45. The van der Waals surface area contributed by atoms with Gasteiger partial charge in [0.1, 0.15) is 5.78 Å². The molecule has 80 valence electrons. The summed E-state index contributed by atoms with van der Waals surface area (Å²) < 4.78 is 0. The highest BCUT2D eigenvalue weighted by atomic mass is 16.1. The van der Waals surface area contributed by atoms with Crippen LogP contribution in [0.4, 0.5) is 0 Å². The SMILES string of the molecule is C/C=C/C[C@]1(C)CCC(C(C)C)C1=O. The van der Waals surface area contributed by atoms with Crippen molar-refractivity contribution >= 4 is 5.78 Å². The predicted molar refractivity (Wildman–Crippen MR) is 60.1 cm³/mol. The Kier molecular flexibility index (Phi) is 3.52. The van der Waals surface area contributed by atoms with Crippen molar-refractivity contribution < 1.29 is 4.79 Å². The topological polar surface area (TPSA) is 17.1 Å². The van der Waals surface area contributed by atoms with E-state index in [-0.39, 0.29) is 5.41 Å². The zero-order valence-electron chi connectivity index (χ0n) is 9.84. The fraction of sp³-hybridized carbons (Fsp3) is 0.769. The van der Waals surface area contributed by atoms with Crippen molar-refractivity contribution in [1.82, 2.24) is 0 Å². The summed E-state index contributed by atoms with van der Waals surface area (Å²) in [7, 11) is 0. The molecule has 0 spiro atoms. The van der Waals surface area contributed by atoms with Crippen molar-refractivity contribution in [2.24, 2.45) is 17.3 Å². The van der Waals surface area contributed by atoms with E-state index < -0.39 is 0 Å². The largest absolute Gasteiger partial charge is 0.299 e. The van der Waals surface area contributed by atoms with Crippen molar-refractivity contribution in [3.63, 3.8) is 0 Å². The third-order valence-electron chi connectivity index (χ3n) is 3.55. The minimum Gasteiger partial charge on any atom is -0.299 e. The lowest BCUT2D eigenvalue weighted by atomic mass is 9.81. The van der Waals surface area contributed by atoms with Gasteiger partial charge in [-0.3, -0.25) is 4.79 Å². The number of hydrogen-bond donors (Lipinski definition) is 0. The first-order chi connectivity index (χ1) is 6.51. The Labute approximate surface area is 87.6 Å². The van der Waals surface area contributed by atoms with E-state index in [1.54, 1.807) is 0 Å². The number of rotatable bonds is 3. The van der Waals surface area contributed by atoms with Crippen LogP contribution in [0.15, 0.2) is 12.2 Å². The summed E-state index contributed by atoms with van der Waals surface area (Å²) in [5.74, 6) is 1.31. The van der Waals surface area contributed by atoms with E-state index in [4.69, 9.17) is 0 Å². The molecule has 0 bridgehead atoms. The molecule has 1 rings (SSSR count). The maximum atomic E-state index is 12.1. The summed E-state index contributed by atoms with van der Waals surface area (Å²) in [5, 5.41) is 0. The fourth-order valence-corrected chi connectivity index (χ4v) is 2.39. The number of Topliss-reactive ketones (excluding diaryl/α,β-unsaturated/α-hetero) is 1. The van der Waals surface area contributed by atoms with E-state index in [0.717, 1.165) is 19.3 Å². The normalized spacial score (nSPS) is 33.5. The minimum atomic E-state index is -0.0680. The third-order valence-corrected chi connectivity index (χ3v) is 3.55. The zero-order valence-corrected chi connectivity index (χ0v) is 9.84. The van der Waals surface area contributed by atoms with E-state index in [1.165, 1.54) is 0 Å². The molecule has 0 saturated heterocycles. The lowest BCUT2D eigenvalue weighted by molar-refractivity contribution is -0.129. The van der Waals surface area contributed by atoms with Crippen LogP contribution in [0.25, 0.3) is 0 Å². The van der Waals surface area contributed by atoms with Crippen LogP contribution in [0.1, 0.15) is 47.0 Å². The van der Waals surface area contributed by atoms with Gasteiger partial charge in [0.05, 0.1) is 0 Å². The lowest BCUT2D eigenvalue weighted by Gasteiger charge is -2.21. The smallest absolute Gasteiger partial charge is 0.142 e. The molecule has 0 aromatic rings. The number of hydrogen-bond acceptors (Lipinski definition) is 1. The Morgan fingerprint density at radius 3 is 2.64 bits per heavy atom. The van der Waals surface area contributed by atoms with Gasteiger partial charge in [-0.05, 0) is 32.1 Å². The van der Waals surface area contributed by atoms with Gasteiger partial charge in [-0.2, -0.15) is 0 Å². The van der Waals surface area contributed by atoms with Crippen LogP contribution in [0.5, 0.6) is 0 Å². The maximum absolute atomic E-state index is 12.1. The third kappa shape index (κ3) is 2.08. The summed E-state index contributed by atoms with van der Waals surface area (Å²) >= 11 is 0. The van der Waals surface area contributed by atoms with Gasteiger partial charge in [0.15, 0.2) is 0 Å². The van der Waals surface area contributed by atoms with Gasteiger partial charge in [-0.15, -0.1) is 0 Å². The maximum Gasteiger partial charge on any atom is 0.142 e.